The molecule has 10 heteroatoms. The second-order valence-electron chi connectivity index (χ2n) is 4.00. The topological polar surface area (TPSA) is 67.8 Å². The molecule has 0 saturated carbocycles. The van der Waals surface area contributed by atoms with Crippen LogP contribution in [0.2, 0.25) is 10.2 Å². The molecule has 0 bridgehead atoms. The van der Waals surface area contributed by atoms with Crippen LogP contribution in [0.5, 0.6) is 0 Å². The molecule has 1 N–H and O–H groups in total. The Morgan fingerprint density at radius 1 is 1.14 bits per heavy atom. The summed E-state index contributed by atoms with van der Waals surface area (Å²) in [6, 6.07) is 1.09. The Bertz CT molecular complexity index is 709. The van der Waals surface area contributed by atoms with E-state index in [1.807, 2.05) is 0 Å². The zero-order valence-corrected chi connectivity index (χ0v) is 12.2. The SMILES string of the molecule is O=C(NCc1nccnc1Cl)c1ccnc(C(F)(F)F)c1Cl. The molecule has 116 valence electrons. The van der Waals surface area contributed by atoms with Gasteiger partial charge in [-0.15, -0.1) is 0 Å². The predicted molar refractivity (Wildman–Crippen MR) is 72.5 cm³/mol. The molecule has 0 unspecified atom stereocenters. The molecule has 2 rings (SSSR count). The monoisotopic (exact) mass is 350 g/mol. The first kappa shape index (κ1) is 16.4. The lowest BCUT2D eigenvalue weighted by atomic mass is 10.2. The van der Waals surface area contributed by atoms with Crippen LogP contribution in [0.3, 0.4) is 0 Å². The Morgan fingerprint density at radius 3 is 2.45 bits per heavy atom. The van der Waals surface area contributed by atoms with E-state index >= 15 is 0 Å². The Balaban J connectivity index is 2.19. The number of carbonyl (C=O) groups is 1. The van der Waals surface area contributed by atoms with Crippen molar-refractivity contribution >= 4 is 29.1 Å². The molecule has 1 amide bonds. The molecule has 0 fully saturated rings. The van der Waals surface area contributed by atoms with Crippen molar-refractivity contribution in [3.8, 4) is 0 Å². The van der Waals surface area contributed by atoms with Crippen molar-refractivity contribution < 1.29 is 18.0 Å². The normalized spacial score (nSPS) is 11.3. The van der Waals surface area contributed by atoms with Gasteiger partial charge in [0.1, 0.15) is 0 Å². The largest absolute Gasteiger partial charge is 0.434 e. The molecular weight excluding hydrogens is 344 g/mol. The highest BCUT2D eigenvalue weighted by molar-refractivity contribution is 6.34. The zero-order valence-electron chi connectivity index (χ0n) is 10.7. The second kappa shape index (κ2) is 6.45. The first-order valence-corrected chi connectivity index (χ1v) is 6.51. The van der Waals surface area contributed by atoms with Gasteiger partial charge in [-0.25, -0.2) is 4.98 Å². The van der Waals surface area contributed by atoms with E-state index in [9.17, 15) is 18.0 Å². The average molecular weight is 351 g/mol. The lowest BCUT2D eigenvalue weighted by Crippen LogP contribution is -2.25. The summed E-state index contributed by atoms with van der Waals surface area (Å²) in [5.41, 5.74) is -1.39. The maximum Gasteiger partial charge on any atom is 0.434 e. The second-order valence-corrected chi connectivity index (χ2v) is 4.73. The van der Waals surface area contributed by atoms with Crippen LogP contribution in [0.25, 0.3) is 0 Å². The van der Waals surface area contributed by atoms with E-state index in [1.165, 1.54) is 12.4 Å². The molecule has 2 heterocycles. The van der Waals surface area contributed by atoms with Crippen LogP contribution in [0, 0.1) is 0 Å². The fraction of sp³-hybridized carbons (Fsp3) is 0.167. The smallest absolute Gasteiger partial charge is 0.346 e. The fourth-order valence-electron chi connectivity index (χ4n) is 1.54. The number of aromatic nitrogens is 3. The lowest BCUT2D eigenvalue weighted by Gasteiger charge is -2.11. The summed E-state index contributed by atoms with van der Waals surface area (Å²) in [7, 11) is 0. The third kappa shape index (κ3) is 3.63. The molecule has 0 spiro atoms. The molecule has 0 aliphatic heterocycles. The number of nitrogens with one attached hydrogen (secondary N) is 1. The number of rotatable bonds is 3. The van der Waals surface area contributed by atoms with E-state index in [2.05, 4.69) is 20.3 Å². The average Bonchev–Trinajstić information content (AvgIpc) is 2.45. The van der Waals surface area contributed by atoms with Crippen molar-refractivity contribution in [2.45, 2.75) is 12.7 Å². The van der Waals surface area contributed by atoms with Gasteiger partial charge in [0.2, 0.25) is 0 Å². The van der Waals surface area contributed by atoms with E-state index < -0.39 is 22.8 Å². The van der Waals surface area contributed by atoms with Crippen molar-refractivity contribution in [2.24, 2.45) is 0 Å². The first-order valence-electron chi connectivity index (χ1n) is 5.76. The molecule has 0 aromatic carbocycles. The Kier molecular flexibility index (Phi) is 4.82. The summed E-state index contributed by atoms with van der Waals surface area (Å²) in [6.07, 6.45) is -1.15. The summed E-state index contributed by atoms with van der Waals surface area (Å²) in [6.45, 7) is -0.106. The molecule has 2 aromatic rings. The highest BCUT2D eigenvalue weighted by Gasteiger charge is 2.36. The minimum Gasteiger partial charge on any atom is -0.346 e. The maximum absolute atomic E-state index is 12.7. The van der Waals surface area contributed by atoms with Gasteiger partial charge in [-0.2, -0.15) is 13.2 Å². The van der Waals surface area contributed by atoms with Crippen LogP contribution in [0.4, 0.5) is 13.2 Å². The van der Waals surface area contributed by atoms with E-state index in [0.29, 0.717) is 0 Å². The third-order valence-corrected chi connectivity index (χ3v) is 3.24. The minimum atomic E-state index is -4.75. The van der Waals surface area contributed by atoms with Crippen molar-refractivity contribution in [1.29, 1.82) is 0 Å². The molecule has 0 radical (unpaired) electrons. The van der Waals surface area contributed by atoms with E-state index in [-0.39, 0.29) is 23.0 Å². The Morgan fingerprint density at radius 2 is 1.82 bits per heavy atom. The standard InChI is InChI=1S/C12H7Cl2F3N4O/c13-8-6(1-2-19-9(8)12(15,16)17)11(22)21-5-7-10(14)20-4-3-18-7/h1-4H,5H2,(H,21,22). The Hall–Kier alpha value is -1.93. The quantitative estimate of drug-likeness (QED) is 0.923. The number of amides is 1. The van der Waals surface area contributed by atoms with E-state index in [0.717, 1.165) is 12.3 Å². The molecule has 0 aliphatic carbocycles. The third-order valence-electron chi connectivity index (χ3n) is 2.54. The van der Waals surface area contributed by atoms with Crippen LogP contribution >= 0.6 is 23.2 Å². The number of pyridine rings is 1. The molecular formula is C12H7Cl2F3N4O. The number of hydrogen-bond acceptors (Lipinski definition) is 4. The highest BCUT2D eigenvalue weighted by Crippen LogP contribution is 2.34. The number of halogens is 5. The van der Waals surface area contributed by atoms with Gasteiger partial charge >= 0.3 is 6.18 Å². The zero-order chi connectivity index (χ0) is 16.3. The molecule has 2 aromatic heterocycles. The molecule has 0 saturated heterocycles. The molecule has 0 atom stereocenters. The summed E-state index contributed by atoms with van der Waals surface area (Å²) in [5, 5.41) is 1.69. The van der Waals surface area contributed by atoms with Crippen LogP contribution in [-0.2, 0) is 12.7 Å². The van der Waals surface area contributed by atoms with Gasteiger partial charge in [0.25, 0.3) is 5.91 Å². The summed E-state index contributed by atoms with van der Waals surface area (Å²) < 4.78 is 38.0. The van der Waals surface area contributed by atoms with Crippen LogP contribution in [-0.4, -0.2) is 20.9 Å². The lowest BCUT2D eigenvalue weighted by molar-refractivity contribution is -0.141. The van der Waals surface area contributed by atoms with Crippen molar-refractivity contribution in [2.75, 3.05) is 0 Å². The number of carbonyl (C=O) groups excluding carboxylic acids is 1. The van der Waals surface area contributed by atoms with Gasteiger partial charge in [0.15, 0.2) is 10.8 Å². The number of hydrogen-bond donors (Lipinski definition) is 1. The van der Waals surface area contributed by atoms with Crippen molar-refractivity contribution in [3.63, 3.8) is 0 Å². The van der Waals surface area contributed by atoms with Crippen LogP contribution in [0.15, 0.2) is 24.7 Å². The Labute approximate surface area is 132 Å². The van der Waals surface area contributed by atoms with Gasteiger partial charge < -0.3 is 5.32 Å². The maximum atomic E-state index is 12.7. The first-order chi connectivity index (χ1) is 10.3. The van der Waals surface area contributed by atoms with Gasteiger partial charge in [0, 0.05) is 18.6 Å². The molecule has 0 aliphatic rings. The van der Waals surface area contributed by atoms with Crippen molar-refractivity contribution in [1.82, 2.24) is 20.3 Å². The van der Waals surface area contributed by atoms with Gasteiger partial charge in [0.05, 0.1) is 22.8 Å². The van der Waals surface area contributed by atoms with Gasteiger partial charge in [-0.3, -0.25) is 14.8 Å². The number of nitrogens with zero attached hydrogens (tertiary/aromatic N) is 3. The van der Waals surface area contributed by atoms with Crippen molar-refractivity contribution in [3.05, 3.63) is 51.8 Å². The summed E-state index contributed by atoms with van der Waals surface area (Å²) in [4.78, 5) is 22.7. The van der Waals surface area contributed by atoms with E-state index in [4.69, 9.17) is 23.2 Å². The fourth-order valence-corrected chi connectivity index (χ4v) is 2.02. The summed E-state index contributed by atoms with van der Waals surface area (Å²) >= 11 is 11.4. The van der Waals surface area contributed by atoms with E-state index in [1.54, 1.807) is 0 Å². The molecule has 5 nitrogen and oxygen atoms in total. The van der Waals surface area contributed by atoms with Gasteiger partial charge in [-0.05, 0) is 6.07 Å². The highest BCUT2D eigenvalue weighted by atomic mass is 35.5. The van der Waals surface area contributed by atoms with Crippen LogP contribution in [0.1, 0.15) is 21.7 Å². The summed E-state index contributed by atoms with van der Waals surface area (Å²) in [5.74, 6) is -0.806. The van der Waals surface area contributed by atoms with Crippen LogP contribution < -0.4 is 5.32 Å². The predicted octanol–water partition coefficient (Wildman–Crippen LogP) is 3.13. The molecule has 22 heavy (non-hydrogen) atoms. The number of alkyl halides is 3. The van der Waals surface area contributed by atoms with Gasteiger partial charge in [-0.1, -0.05) is 23.2 Å². The minimum absolute atomic E-state index is 0.0830.